The van der Waals surface area contributed by atoms with Crippen LogP contribution in [0, 0.1) is 5.92 Å². The molecule has 1 aromatic heterocycles. The summed E-state index contributed by atoms with van der Waals surface area (Å²) < 4.78 is 5.30. The second kappa shape index (κ2) is 10.2. The molecule has 0 spiro atoms. The third-order valence-corrected chi connectivity index (χ3v) is 5.96. The van der Waals surface area contributed by atoms with Crippen molar-refractivity contribution in [3.63, 3.8) is 0 Å². The van der Waals surface area contributed by atoms with Crippen molar-refractivity contribution in [2.24, 2.45) is 5.92 Å². The van der Waals surface area contributed by atoms with E-state index in [1.165, 1.54) is 11.3 Å². The first-order valence-electron chi connectivity index (χ1n) is 9.85. The Labute approximate surface area is 174 Å². The molecule has 1 N–H and O–H groups in total. The van der Waals surface area contributed by atoms with Gasteiger partial charge in [0, 0.05) is 19.5 Å². The number of hydrogen-bond donors (Lipinski definition) is 1. The highest BCUT2D eigenvalue weighted by atomic mass is 32.1. The standard InChI is InChI=1S/C22H26N2O4S/c1-16-9-11-24(12-10-16)20(25)15-28-22(27)18(14-17-6-3-2-4-7-17)23-21(26)19-8-5-13-29-19/h2-8,13,16,18H,9-12,14-15H2,1H3,(H,23,26). The van der Waals surface area contributed by atoms with Crippen LogP contribution < -0.4 is 5.32 Å². The maximum Gasteiger partial charge on any atom is 0.329 e. The van der Waals surface area contributed by atoms with Gasteiger partial charge in [-0.25, -0.2) is 4.79 Å². The third kappa shape index (κ3) is 6.15. The zero-order chi connectivity index (χ0) is 20.6. The molecule has 1 aliphatic heterocycles. The summed E-state index contributed by atoms with van der Waals surface area (Å²) in [5, 5.41) is 4.55. The van der Waals surface area contributed by atoms with E-state index in [2.05, 4.69) is 12.2 Å². The normalized spacial score (nSPS) is 15.6. The number of benzene rings is 1. The lowest BCUT2D eigenvalue weighted by Gasteiger charge is -2.30. The average molecular weight is 415 g/mol. The summed E-state index contributed by atoms with van der Waals surface area (Å²) in [6, 6.07) is 12.0. The van der Waals surface area contributed by atoms with Gasteiger partial charge in [0.1, 0.15) is 6.04 Å². The van der Waals surface area contributed by atoms with Gasteiger partial charge in [0.25, 0.3) is 11.8 Å². The molecule has 7 heteroatoms. The molecule has 1 unspecified atom stereocenters. The van der Waals surface area contributed by atoms with Crippen molar-refractivity contribution in [1.29, 1.82) is 0 Å². The predicted molar refractivity (Wildman–Crippen MR) is 112 cm³/mol. The van der Waals surface area contributed by atoms with Gasteiger partial charge in [-0.3, -0.25) is 9.59 Å². The molecule has 154 valence electrons. The lowest BCUT2D eigenvalue weighted by molar-refractivity contribution is -0.154. The highest BCUT2D eigenvalue weighted by Gasteiger charge is 2.26. The zero-order valence-corrected chi connectivity index (χ0v) is 17.3. The highest BCUT2D eigenvalue weighted by Crippen LogP contribution is 2.16. The number of hydrogen-bond acceptors (Lipinski definition) is 5. The monoisotopic (exact) mass is 414 g/mol. The molecule has 2 aromatic rings. The first-order valence-corrected chi connectivity index (χ1v) is 10.7. The Morgan fingerprint density at radius 2 is 1.86 bits per heavy atom. The molecular formula is C22H26N2O4S. The summed E-state index contributed by atoms with van der Waals surface area (Å²) in [7, 11) is 0. The van der Waals surface area contributed by atoms with Crippen LogP contribution in [0.25, 0.3) is 0 Å². The molecule has 1 fully saturated rings. The number of likely N-dealkylation sites (tertiary alicyclic amines) is 1. The summed E-state index contributed by atoms with van der Waals surface area (Å²) in [5.41, 5.74) is 0.900. The van der Waals surface area contributed by atoms with Gasteiger partial charge in [-0.15, -0.1) is 11.3 Å². The molecule has 1 saturated heterocycles. The number of amides is 2. The van der Waals surface area contributed by atoms with Crippen LogP contribution in [0.15, 0.2) is 47.8 Å². The molecule has 3 rings (SSSR count). The van der Waals surface area contributed by atoms with E-state index >= 15 is 0 Å². The maximum absolute atomic E-state index is 12.7. The number of thiophene rings is 1. The molecule has 0 radical (unpaired) electrons. The third-order valence-electron chi connectivity index (χ3n) is 5.09. The van der Waals surface area contributed by atoms with Crippen molar-refractivity contribution >= 4 is 29.1 Å². The molecule has 1 atom stereocenters. The van der Waals surface area contributed by atoms with Crippen LogP contribution in [0.4, 0.5) is 0 Å². The number of nitrogens with one attached hydrogen (secondary N) is 1. The van der Waals surface area contributed by atoms with Gasteiger partial charge < -0.3 is 15.0 Å². The Morgan fingerprint density at radius 3 is 2.52 bits per heavy atom. The number of carbonyl (C=O) groups excluding carboxylic acids is 3. The Bertz CT molecular complexity index is 815. The van der Waals surface area contributed by atoms with Crippen LogP contribution in [0.2, 0.25) is 0 Å². The molecule has 2 amide bonds. The average Bonchev–Trinajstić information content (AvgIpc) is 3.27. The summed E-state index contributed by atoms with van der Waals surface area (Å²) >= 11 is 1.30. The molecule has 2 heterocycles. The van der Waals surface area contributed by atoms with Gasteiger partial charge in [-0.1, -0.05) is 43.3 Å². The van der Waals surface area contributed by atoms with E-state index in [-0.39, 0.29) is 18.4 Å². The SMILES string of the molecule is CC1CCN(C(=O)COC(=O)C(Cc2ccccc2)NC(=O)c2cccs2)CC1. The van der Waals surface area contributed by atoms with Crippen molar-refractivity contribution in [2.45, 2.75) is 32.2 Å². The van der Waals surface area contributed by atoms with Gasteiger partial charge in [0.05, 0.1) is 4.88 Å². The quantitative estimate of drug-likeness (QED) is 0.707. The van der Waals surface area contributed by atoms with E-state index in [1.54, 1.807) is 22.4 Å². The highest BCUT2D eigenvalue weighted by molar-refractivity contribution is 7.12. The van der Waals surface area contributed by atoms with Crippen molar-refractivity contribution < 1.29 is 19.1 Å². The van der Waals surface area contributed by atoms with E-state index < -0.39 is 12.0 Å². The van der Waals surface area contributed by atoms with Crippen molar-refractivity contribution in [3.8, 4) is 0 Å². The second-order valence-corrected chi connectivity index (χ2v) is 8.31. The van der Waals surface area contributed by atoms with Crippen molar-refractivity contribution in [3.05, 3.63) is 58.3 Å². The van der Waals surface area contributed by atoms with E-state index in [4.69, 9.17) is 4.74 Å². The molecule has 29 heavy (non-hydrogen) atoms. The molecule has 0 aliphatic carbocycles. The molecular weight excluding hydrogens is 388 g/mol. The topological polar surface area (TPSA) is 75.7 Å². The zero-order valence-electron chi connectivity index (χ0n) is 16.5. The number of carbonyl (C=O) groups is 3. The number of esters is 1. The fraction of sp³-hybridized carbons (Fsp3) is 0.409. The lowest BCUT2D eigenvalue weighted by atomic mass is 9.99. The molecule has 6 nitrogen and oxygen atoms in total. The van der Waals surface area contributed by atoms with Gasteiger partial charge in [0.15, 0.2) is 6.61 Å². The van der Waals surface area contributed by atoms with Gasteiger partial charge in [-0.05, 0) is 35.8 Å². The van der Waals surface area contributed by atoms with Gasteiger partial charge >= 0.3 is 5.97 Å². The van der Waals surface area contributed by atoms with Crippen molar-refractivity contribution in [2.75, 3.05) is 19.7 Å². The molecule has 0 bridgehead atoms. The fourth-order valence-corrected chi connectivity index (χ4v) is 3.89. The minimum Gasteiger partial charge on any atom is -0.454 e. The molecule has 1 aliphatic rings. The first kappa shape index (κ1) is 21.0. The van der Waals surface area contributed by atoms with Crippen LogP contribution in [0.5, 0.6) is 0 Å². The summed E-state index contributed by atoms with van der Waals surface area (Å²) in [4.78, 5) is 39.8. The summed E-state index contributed by atoms with van der Waals surface area (Å²) in [5.74, 6) is -0.496. The van der Waals surface area contributed by atoms with Crippen LogP contribution in [0.3, 0.4) is 0 Å². The van der Waals surface area contributed by atoms with Gasteiger partial charge in [-0.2, -0.15) is 0 Å². The molecule has 0 saturated carbocycles. The minimum absolute atomic E-state index is 0.187. The van der Waals surface area contributed by atoms with E-state index in [0.717, 1.165) is 18.4 Å². The maximum atomic E-state index is 12.7. The minimum atomic E-state index is -0.860. The van der Waals surface area contributed by atoms with Gasteiger partial charge in [0.2, 0.25) is 0 Å². The number of piperidine rings is 1. The van der Waals surface area contributed by atoms with Crippen LogP contribution in [-0.2, 0) is 20.7 Å². The van der Waals surface area contributed by atoms with Crippen molar-refractivity contribution in [1.82, 2.24) is 10.2 Å². The van der Waals surface area contributed by atoms with E-state index in [0.29, 0.717) is 30.3 Å². The Morgan fingerprint density at radius 1 is 1.14 bits per heavy atom. The lowest BCUT2D eigenvalue weighted by Crippen LogP contribution is -2.45. The molecule has 1 aromatic carbocycles. The number of ether oxygens (including phenoxy) is 1. The smallest absolute Gasteiger partial charge is 0.329 e. The Kier molecular flexibility index (Phi) is 7.41. The summed E-state index contributed by atoms with van der Waals surface area (Å²) in [6.07, 6.45) is 2.23. The second-order valence-electron chi connectivity index (χ2n) is 7.36. The van der Waals surface area contributed by atoms with Crippen LogP contribution in [-0.4, -0.2) is 48.4 Å². The van der Waals surface area contributed by atoms with Crippen LogP contribution in [0.1, 0.15) is 35.0 Å². The van der Waals surface area contributed by atoms with E-state index in [1.807, 2.05) is 30.3 Å². The van der Waals surface area contributed by atoms with Crippen LogP contribution >= 0.6 is 11.3 Å². The number of rotatable bonds is 7. The Balaban J connectivity index is 1.60. The summed E-state index contributed by atoms with van der Waals surface area (Å²) in [6.45, 7) is 3.26. The predicted octanol–water partition coefficient (Wildman–Crippen LogP) is 2.89. The fourth-order valence-electron chi connectivity index (χ4n) is 3.26. The largest absolute Gasteiger partial charge is 0.454 e. The van der Waals surface area contributed by atoms with E-state index in [9.17, 15) is 14.4 Å². The number of nitrogens with zero attached hydrogens (tertiary/aromatic N) is 1. The Hall–Kier alpha value is -2.67. The first-order chi connectivity index (χ1) is 14.0.